The number of nitrogens with one attached hydrogen (secondary N) is 1. The van der Waals surface area contributed by atoms with E-state index in [0.717, 1.165) is 43.4 Å². The molecule has 0 bridgehead atoms. The Hall–Kier alpha value is -1.77. The lowest BCUT2D eigenvalue weighted by Crippen LogP contribution is -2.34. The van der Waals surface area contributed by atoms with Crippen molar-refractivity contribution in [2.75, 3.05) is 0 Å². The zero-order chi connectivity index (χ0) is 16.4. The van der Waals surface area contributed by atoms with Crippen molar-refractivity contribution in [3.8, 4) is 0 Å². The van der Waals surface area contributed by atoms with Crippen LogP contribution in [0.3, 0.4) is 0 Å². The second-order valence-corrected chi connectivity index (χ2v) is 5.24. The van der Waals surface area contributed by atoms with Gasteiger partial charge in [0.1, 0.15) is 5.76 Å². The Bertz CT molecular complexity index is 506. The van der Waals surface area contributed by atoms with Crippen LogP contribution in [0.4, 0.5) is 0 Å². The molecule has 0 saturated carbocycles. The summed E-state index contributed by atoms with van der Waals surface area (Å²) in [6.07, 6.45) is 12.9. The molecule has 3 heteroatoms. The molecular formula is C19H29NO2. The predicted molar refractivity (Wildman–Crippen MR) is 93.0 cm³/mol. The fourth-order valence-corrected chi connectivity index (χ4v) is 2.51. The molecule has 0 saturated heterocycles. The summed E-state index contributed by atoms with van der Waals surface area (Å²) in [6.45, 7) is 8.28. The molecule has 0 unspecified atom stereocenters. The molecule has 1 aliphatic carbocycles. The first-order chi connectivity index (χ1) is 10.7. The van der Waals surface area contributed by atoms with Crippen molar-refractivity contribution in [2.45, 2.75) is 65.8 Å². The standard InChI is InChI=1S/C17H23NO2.C2H6/c1-3-8-14(9-4-2)18-17(19)16-12-13-10-6-5-7-11-15(13)20-16;1-2/h5-7,11-12,14H,3-4,8-10H2,1-2H3,(H,18,19);1-2H3. The first kappa shape index (κ1) is 18.3. The van der Waals surface area contributed by atoms with Crippen LogP contribution in [-0.4, -0.2) is 11.9 Å². The quantitative estimate of drug-likeness (QED) is 0.791. The average Bonchev–Trinajstić information content (AvgIpc) is 2.81. The molecule has 0 fully saturated rings. The van der Waals surface area contributed by atoms with Gasteiger partial charge in [0.2, 0.25) is 0 Å². The number of furan rings is 1. The van der Waals surface area contributed by atoms with Crippen LogP contribution < -0.4 is 5.32 Å². The molecule has 1 aromatic heterocycles. The van der Waals surface area contributed by atoms with E-state index in [2.05, 4.69) is 25.2 Å². The number of amides is 1. The molecule has 0 radical (unpaired) electrons. The topological polar surface area (TPSA) is 42.2 Å². The average molecular weight is 303 g/mol. The molecule has 1 heterocycles. The Balaban J connectivity index is 0.00000116. The van der Waals surface area contributed by atoms with Gasteiger partial charge in [-0.25, -0.2) is 0 Å². The molecule has 0 aliphatic heterocycles. The first-order valence-corrected chi connectivity index (χ1v) is 8.51. The van der Waals surface area contributed by atoms with E-state index in [1.165, 1.54) is 0 Å². The zero-order valence-corrected chi connectivity index (χ0v) is 14.3. The third kappa shape index (κ3) is 5.21. The van der Waals surface area contributed by atoms with Crippen LogP contribution in [-0.2, 0) is 6.42 Å². The molecule has 0 aromatic carbocycles. The third-order valence-corrected chi connectivity index (χ3v) is 3.51. The monoisotopic (exact) mass is 303 g/mol. The Labute approximate surface area is 134 Å². The minimum Gasteiger partial charge on any atom is -0.451 e. The van der Waals surface area contributed by atoms with E-state index < -0.39 is 0 Å². The number of hydrogen-bond donors (Lipinski definition) is 1. The van der Waals surface area contributed by atoms with Crippen molar-refractivity contribution in [2.24, 2.45) is 0 Å². The van der Waals surface area contributed by atoms with E-state index >= 15 is 0 Å². The summed E-state index contributed by atoms with van der Waals surface area (Å²) in [6, 6.07) is 2.11. The molecule has 0 atom stereocenters. The van der Waals surface area contributed by atoms with Gasteiger partial charge in [0, 0.05) is 11.6 Å². The normalized spacial score (nSPS) is 12.4. The SMILES string of the molecule is CC.CCCC(CCC)NC(=O)c1cc2c(o1)C=CC=CC2. The summed E-state index contributed by atoms with van der Waals surface area (Å²) in [5.41, 5.74) is 1.07. The fourth-order valence-electron chi connectivity index (χ4n) is 2.51. The molecule has 1 amide bonds. The van der Waals surface area contributed by atoms with Gasteiger partial charge < -0.3 is 9.73 Å². The van der Waals surface area contributed by atoms with Crippen molar-refractivity contribution in [1.29, 1.82) is 0 Å². The largest absolute Gasteiger partial charge is 0.451 e. The fraction of sp³-hybridized carbons (Fsp3) is 0.526. The molecule has 1 N–H and O–H groups in total. The van der Waals surface area contributed by atoms with E-state index in [1.807, 2.05) is 38.1 Å². The van der Waals surface area contributed by atoms with Crippen LogP contribution in [0.2, 0.25) is 0 Å². The molecule has 22 heavy (non-hydrogen) atoms. The smallest absolute Gasteiger partial charge is 0.287 e. The lowest BCUT2D eigenvalue weighted by molar-refractivity contribution is 0.0904. The molecule has 1 aromatic rings. The van der Waals surface area contributed by atoms with Crippen molar-refractivity contribution in [1.82, 2.24) is 5.32 Å². The van der Waals surface area contributed by atoms with Gasteiger partial charge in [0.25, 0.3) is 5.91 Å². The predicted octanol–water partition coefficient (Wildman–Crippen LogP) is 5.13. The maximum Gasteiger partial charge on any atom is 0.287 e. The number of rotatable bonds is 6. The summed E-state index contributed by atoms with van der Waals surface area (Å²) in [5.74, 6) is 1.12. The van der Waals surface area contributed by atoms with Crippen LogP contribution in [0, 0.1) is 0 Å². The van der Waals surface area contributed by atoms with Crippen molar-refractivity contribution in [3.05, 3.63) is 41.4 Å². The lowest BCUT2D eigenvalue weighted by atomic mass is 10.1. The van der Waals surface area contributed by atoms with Crippen LogP contribution >= 0.6 is 0 Å². The van der Waals surface area contributed by atoms with Gasteiger partial charge in [-0.3, -0.25) is 4.79 Å². The summed E-state index contributed by atoms with van der Waals surface area (Å²) in [5, 5.41) is 3.09. The van der Waals surface area contributed by atoms with Crippen molar-refractivity contribution < 1.29 is 9.21 Å². The second-order valence-electron chi connectivity index (χ2n) is 5.24. The summed E-state index contributed by atoms with van der Waals surface area (Å²) < 4.78 is 5.67. The summed E-state index contributed by atoms with van der Waals surface area (Å²) in [7, 11) is 0. The molecule has 2 rings (SSSR count). The van der Waals surface area contributed by atoms with E-state index in [0.29, 0.717) is 5.76 Å². The van der Waals surface area contributed by atoms with Gasteiger partial charge in [0.05, 0.1) is 0 Å². The van der Waals surface area contributed by atoms with E-state index in [4.69, 9.17) is 4.42 Å². The Morgan fingerprint density at radius 2 is 1.91 bits per heavy atom. The van der Waals surface area contributed by atoms with Crippen molar-refractivity contribution >= 4 is 12.0 Å². The second kappa shape index (κ2) is 10.0. The highest BCUT2D eigenvalue weighted by Crippen LogP contribution is 2.20. The first-order valence-electron chi connectivity index (χ1n) is 8.51. The summed E-state index contributed by atoms with van der Waals surface area (Å²) >= 11 is 0. The van der Waals surface area contributed by atoms with Gasteiger partial charge in [-0.2, -0.15) is 0 Å². The van der Waals surface area contributed by atoms with Gasteiger partial charge in [-0.05, 0) is 31.4 Å². The number of fused-ring (bicyclic) bond motifs is 1. The van der Waals surface area contributed by atoms with Gasteiger partial charge in [-0.1, -0.05) is 58.8 Å². The van der Waals surface area contributed by atoms with Crippen LogP contribution in [0.25, 0.3) is 6.08 Å². The zero-order valence-electron chi connectivity index (χ0n) is 14.3. The van der Waals surface area contributed by atoms with E-state index in [1.54, 1.807) is 0 Å². The highest BCUT2D eigenvalue weighted by Gasteiger charge is 2.18. The number of carbonyl (C=O) groups is 1. The van der Waals surface area contributed by atoms with Crippen LogP contribution in [0.5, 0.6) is 0 Å². The van der Waals surface area contributed by atoms with Gasteiger partial charge in [0.15, 0.2) is 5.76 Å². The van der Waals surface area contributed by atoms with E-state index in [9.17, 15) is 4.79 Å². The minimum atomic E-state index is -0.0950. The van der Waals surface area contributed by atoms with Crippen LogP contribution in [0.15, 0.2) is 28.7 Å². The summed E-state index contributed by atoms with van der Waals surface area (Å²) in [4.78, 5) is 12.3. The highest BCUT2D eigenvalue weighted by molar-refractivity contribution is 5.92. The molecule has 122 valence electrons. The Morgan fingerprint density at radius 3 is 2.55 bits per heavy atom. The highest BCUT2D eigenvalue weighted by atomic mass is 16.3. The maximum absolute atomic E-state index is 12.3. The Kier molecular flexibility index (Phi) is 8.34. The van der Waals surface area contributed by atoms with Crippen LogP contribution in [0.1, 0.15) is 75.3 Å². The van der Waals surface area contributed by atoms with Gasteiger partial charge in [-0.15, -0.1) is 0 Å². The lowest BCUT2D eigenvalue weighted by Gasteiger charge is -2.16. The van der Waals surface area contributed by atoms with Crippen molar-refractivity contribution in [3.63, 3.8) is 0 Å². The van der Waals surface area contributed by atoms with E-state index in [-0.39, 0.29) is 11.9 Å². The molecular weight excluding hydrogens is 274 g/mol. The number of hydrogen-bond acceptors (Lipinski definition) is 2. The van der Waals surface area contributed by atoms with Gasteiger partial charge >= 0.3 is 0 Å². The third-order valence-electron chi connectivity index (χ3n) is 3.51. The Morgan fingerprint density at radius 1 is 1.23 bits per heavy atom. The molecule has 3 nitrogen and oxygen atoms in total. The molecule has 1 aliphatic rings. The number of allylic oxidation sites excluding steroid dienone is 3. The molecule has 0 spiro atoms. The maximum atomic E-state index is 12.3. The minimum absolute atomic E-state index is 0.0950. The number of carbonyl (C=O) groups excluding carboxylic acids is 1.